The maximum absolute atomic E-state index is 4.90. The van der Waals surface area contributed by atoms with Gasteiger partial charge in [-0.2, -0.15) is 5.10 Å². The van der Waals surface area contributed by atoms with E-state index in [9.17, 15) is 0 Å². The highest BCUT2D eigenvalue weighted by atomic mass is 15.1. The predicted molar refractivity (Wildman–Crippen MR) is 114 cm³/mol. The van der Waals surface area contributed by atoms with Gasteiger partial charge in [-0.25, -0.2) is 0 Å². The van der Waals surface area contributed by atoms with Crippen LogP contribution in [-0.2, 0) is 5.41 Å². The van der Waals surface area contributed by atoms with Gasteiger partial charge in [0, 0.05) is 30.1 Å². The van der Waals surface area contributed by atoms with Crippen molar-refractivity contribution >= 4 is 11.7 Å². The summed E-state index contributed by atoms with van der Waals surface area (Å²) in [5.41, 5.74) is 7.23. The summed E-state index contributed by atoms with van der Waals surface area (Å²) in [4.78, 5) is 4.90. The molecular formula is C25H19N5+2. The van der Waals surface area contributed by atoms with E-state index in [4.69, 9.17) is 4.98 Å². The molecule has 3 heterocycles. The van der Waals surface area contributed by atoms with Crippen LogP contribution in [0.2, 0.25) is 0 Å². The summed E-state index contributed by atoms with van der Waals surface area (Å²) in [5, 5.41) is 7.55. The summed E-state index contributed by atoms with van der Waals surface area (Å²) in [5.74, 6) is 0. The van der Waals surface area contributed by atoms with Crippen molar-refractivity contribution in [3.63, 3.8) is 0 Å². The summed E-state index contributed by atoms with van der Waals surface area (Å²) >= 11 is 0. The molecule has 6 rings (SSSR count). The second-order valence-electron chi connectivity index (χ2n) is 7.59. The molecule has 0 radical (unpaired) electrons. The smallest absolute Gasteiger partial charge is 0.281 e. The number of aromatic amines is 1. The zero-order chi connectivity index (χ0) is 20.1. The van der Waals surface area contributed by atoms with E-state index < -0.39 is 5.41 Å². The molecule has 1 N–H and O–H groups in total. The van der Waals surface area contributed by atoms with E-state index in [0.717, 1.165) is 28.2 Å². The van der Waals surface area contributed by atoms with Crippen molar-refractivity contribution in [1.82, 2.24) is 15.2 Å². The average molecular weight is 389 g/mol. The first-order valence-electron chi connectivity index (χ1n) is 9.91. The van der Waals surface area contributed by atoms with Crippen LogP contribution in [0, 0.1) is 0 Å². The van der Waals surface area contributed by atoms with E-state index in [1.54, 1.807) is 0 Å². The van der Waals surface area contributed by atoms with Gasteiger partial charge < -0.3 is 0 Å². The van der Waals surface area contributed by atoms with Crippen LogP contribution in [0.4, 0.5) is 5.69 Å². The highest BCUT2D eigenvalue weighted by Crippen LogP contribution is 2.54. The van der Waals surface area contributed by atoms with Gasteiger partial charge in [0.25, 0.3) is 6.20 Å². The van der Waals surface area contributed by atoms with Gasteiger partial charge in [-0.1, -0.05) is 51.6 Å². The van der Waals surface area contributed by atoms with Gasteiger partial charge in [0.05, 0.1) is 11.4 Å². The predicted octanol–water partition coefficient (Wildman–Crippen LogP) is 4.11. The minimum Gasteiger partial charge on any atom is -0.281 e. The van der Waals surface area contributed by atoms with Crippen LogP contribution in [0.3, 0.4) is 0 Å². The number of nitrogens with one attached hydrogen (secondary N) is 1. The Morgan fingerprint density at radius 3 is 2.63 bits per heavy atom. The Morgan fingerprint density at radius 1 is 0.900 bits per heavy atom. The minimum atomic E-state index is -0.560. The Labute approximate surface area is 174 Å². The second kappa shape index (κ2) is 6.21. The van der Waals surface area contributed by atoms with Crippen molar-refractivity contribution in [3.05, 3.63) is 114 Å². The lowest BCUT2D eigenvalue weighted by molar-refractivity contribution is -0.429. The molecule has 0 spiro atoms. The Hall–Kier alpha value is -4.08. The molecule has 0 fully saturated rings. The summed E-state index contributed by atoms with van der Waals surface area (Å²) < 4.78 is 3.92. The third-order valence-electron chi connectivity index (χ3n) is 5.95. The van der Waals surface area contributed by atoms with Gasteiger partial charge in [0.1, 0.15) is 5.41 Å². The zero-order valence-corrected chi connectivity index (χ0v) is 16.4. The monoisotopic (exact) mass is 389 g/mol. The van der Waals surface area contributed by atoms with E-state index in [-0.39, 0.29) is 0 Å². The van der Waals surface area contributed by atoms with Gasteiger partial charge >= 0.3 is 6.01 Å². The number of H-pyrrole nitrogens is 1. The quantitative estimate of drug-likeness (QED) is 0.472. The second-order valence-corrected chi connectivity index (χ2v) is 7.59. The number of hydrogen-bond donors (Lipinski definition) is 1. The van der Waals surface area contributed by atoms with Crippen LogP contribution in [0.15, 0.2) is 91.5 Å². The molecule has 2 aromatic heterocycles. The lowest BCUT2D eigenvalue weighted by atomic mass is 9.72. The van der Waals surface area contributed by atoms with Crippen molar-refractivity contribution in [2.75, 3.05) is 7.05 Å². The van der Waals surface area contributed by atoms with Crippen LogP contribution in [0.5, 0.6) is 0 Å². The summed E-state index contributed by atoms with van der Waals surface area (Å²) in [6, 6.07) is 26.7. The molecule has 0 amide bonds. The molecule has 2 aromatic carbocycles. The summed E-state index contributed by atoms with van der Waals surface area (Å²) in [7, 11) is 1.97. The number of aromatic nitrogens is 3. The molecule has 0 saturated heterocycles. The van der Waals surface area contributed by atoms with Gasteiger partial charge in [0.2, 0.25) is 11.9 Å². The highest BCUT2D eigenvalue weighted by Gasteiger charge is 2.48. The van der Waals surface area contributed by atoms with Crippen molar-refractivity contribution in [3.8, 4) is 11.1 Å². The fourth-order valence-electron chi connectivity index (χ4n) is 4.72. The van der Waals surface area contributed by atoms with Crippen LogP contribution >= 0.6 is 0 Å². The standard InChI is InChI=1S/C25H19N5/c1-29-14-15-30(17-29)19-7-4-6-18(16-19)25(23-11-13-27-28-23)22-10-3-2-8-20(22)21-9-5-12-26-24(21)25/h2-16H,1H3,(H,27,28)/q+2. The number of nitrogens with zero attached hydrogens (tertiary/aromatic N) is 4. The maximum atomic E-state index is 4.90. The Bertz CT molecular complexity index is 1340. The first-order chi connectivity index (χ1) is 14.8. The summed E-state index contributed by atoms with van der Waals surface area (Å²) in [6.45, 7) is 0. The molecule has 5 heteroatoms. The molecule has 0 saturated carbocycles. The molecule has 1 atom stereocenters. The Balaban J connectivity index is 1.71. The van der Waals surface area contributed by atoms with E-state index >= 15 is 0 Å². The largest absolute Gasteiger partial charge is 0.495 e. The SMILES string of the molecule is C[N+]1=C=[N+](c2cccc(C3(c4ccn[nH]4)c4ccccc4-c4cccnc43)c2)C=C1. The molecule has 5 nitrogen and oxygen atoms in total. The molecule has 2 aliphatic rings. The number of rotatable bonds is 3. The molecule has 30 heavy (non-hydrogen) atoms. The maximum Gasteiger partial charge on any atom is 0.495 e. The molecule has 0 bridgehead atoms. The van der Waals surface area contributed by atoms with E-state index in [1.807, 2.05) is 47.1 Å². The number of fused-ring (bicyclic) bond motifs is 3. The molecule has 1 aliphatic heterocycles. The van der Waals surface area contributed by atoms with Crippen LogP contribution in [-0.4, -0.2) is 37.4 Å². The first kappa shape index (κ1) is 16.8. The molecule has 142 valence electrons. The van der Waals surface area contributed by atoms with Crippen molar-refractivity contribution < 1.29 is 9.15 Å². The van der Waals surface area contributed by atoms with Crippen LogP contribution < -0.4 is 0 Å². The number of hydrogen-bond acceptors (Lipinski definition) is 2. The van der Waals surface area contributed by atoms with Gasteiger partial charge in [-0.3, -0.25) is 10.1 Å². The van der Waals surface area contributed by atoms with Gasteiger partial charge in [-0.05, 0) is 28.8 Å². The topological polar surface area (TPSA) is 47.6 Å². The Morgan fingerprint density at radius 2 is 1.80 bits per heavy atom. The number of pyridine rings is 1. The van der Waals surface area contributed by atoms with Crippen LogP contribution in [0.25, 0.3) is 11.1 Å². The van der Waals surface area contributed by atoms with Crippen LogP contribution in [0.1, 0.15) is 22.5 Å². The molecule has 1 aliphatic carbocycles. The third-order valence-corrected chi connectivity index (χ3v) is 5.95. The fourth-order valence-corrected chi connectivity index (χ4v) is 4.72. The normalized spacial score (nSPS) is 18.7. The number of benzene rings is 2. The summed E-state index contributed by atoms with van der Waals surface area (Å²) in [6.07, 6.45) is 7.68. The van der Waals surface area contributed by atoms with Gasteiger partial charge in [-0.15, -0.1) is 0 Å². The van der Waals surface area contributed by atoms with E-state index in [0.29, 0.717) is 0 Å². The van der Waals surface area contributed by atoms with Crippen molar-refractivity contribution in [2.24, 2.45) is 0 Å². The Kier molecular flexibility index (Phi) is 3.48. The third kappa shape index (κ3) is 2.18. The fraction of sp³-hybridized carbons (Fsp3) is 0.0800. The molecule has 1 unspecified atom stereocenters. The van der Waals surface area contributed by atoms with E-state index in [2.05, 4.69) is 76.9 Å². The lowest BCUT2D eigenvalue weighted by Crippen LogP contribution is -2.30. The van der Waals surface area contributed by atoms with Crippen molar-refractivity contribution in [2.45, 2.75) is 5.41 Å². The first-order valence-corrected chi connectivity index (χ1v) is 9.91. The zero-order valence-electron chi connectivity index (χ0n) is 16.4. The van der Waals surface area contributed by atoms with Gasteiger partial charge in [0.15, 0.2) is 7.05 Å². The molecule has 4 aromatic rings. The highest BCUT2D eigenvalue weighted by molar-refractivity contribution is 5.84. The minimum absolute atomic E-state index is 0.560. The average Bonchev–Trinajstić information content (AvgIpc) is 3.52. The van der Waals surface area contributed by atoms with Crippen molar-refractivity contribution in [1.29, 1.82) is 0 Å². The van der Waals surface area contributed by atoms with E-state index in [1.165, 1.54) is 11.1 Å². The molecular weight excluding hydrogens is 370 g/mol. The lowest BCUT2D eigenvalue weighted by Gasteiger charge is -2.30.